The highest BCUT2D eigenvalue weighted by atomic mass is 16.3. The van der Waals surface area contributed by atoms with Crippen molar-refractivity contribution >= 4 is 87.5 Å². The predicted molar refractivity (Wildman–Crippen MR) is 308 cm³/mol. The lowest BCUT2D eigenvalue weighted by Crippen LogP contribution is -2.02. The van der Waals surface area contributed by atoms with Gasteiger partial charge in [-0.15, -0.1) is 0 Å². The van der Waals surface area contributed by atoms with E-state index < -0.39 is 0 Å². The summed E-state index contributed by atoms with van der Waals surface area (Å²) in [4.78, 5) is 21.5. The first-order valence-electron chi connectivity index (χ1n) is 25.5. The first kappa shape index (κ1) is 42.1. The van der Waals surface area contributed by atoms with Crippen LogP contribution >= 0.6 is 0 Å². The van der Waals surface area contributed by atoms with Gasteiger partial charge in [0.25, 0.3) is 0 Å². The van der Waals surface area contributed by atoms with Crippen molar-refractivity contribution in [2.75, 3.05) is 0 Å². The quantitative estimate of drug-likeness (QED) is 0.158. The lowest BCUT2D eigenvalue weighted by molar-refractivity contribution is 0.669. The van der Waals surface area contributed by atoms with E-state index in [-0.39, 0.29) is 0 Å². The van der Waals surface area contributed by atoms with Crippen LogP contribution in [0, 0.1) is 0 Å². The molecule has 0 fully saturated rings. The third-order valence-corrected chi connectivity index (χ3v) is 15.0. The number of rotatable bonds is 7. The van der Waals surface area contributed by atoms with Crippen molar-refractivity contribution in [3.05, 3.63) is 243 Å². The monoisotopic (exact) mass is 972 g/mol. The number of furan rings is 2. The lowest BCUT2D eigenvalue weighted by atomic mass is 9.94. The fourth-order valence-corrected chi connectivity index (χ4v) is 11.8. The van der Waals surface area contributed by atoms with Crippen molar-refractivity contribution in [1.82, 2.24) is 29.1 Å². The van der Waals surface area contributed by atoms with Gasteiger partial charge in [-0.25, -0.2) is 15.0 Å². The summed E-state index contributed by atoms with van der Waals surface area (Å²) in [6.45, 7) is 0. The molecule has 0 radical (unpaired) electrons. The molecular weight excluding hydrogens is 933 g/mol. The number of pyridine rings is 1. The molecule has 0 spiro atoms. The topological polar surface area (TPSA) is 87.7 Å². The highest BCUT2D eigenvalue weighted by Gasteiger charge is 2.26. The summed E-state index contributed by atoms with van der Waals surface area (Å²) < 4.78 is 18.4. The SMILES string of the molecule is c1ccc(-c2nc(-c3ccccc3)nc(-c3cc(-c4cccc5oc6ccc7c(c8ccccc8n7-c7ccccc7)c6c45)cnc3-c3cccc4oc5ccc6c(c7ccccc7n6-c6ccccc6)c5c34)n2)cc1. The molecule has 0 saturated heterocycles. The highest BCUT2D eigenvalue weighted by molar-refractivity contribution is 6.31. The number of para-hydroxylation sites is 4. The van der Waals surface area contributed by atoms with Gasteiger partial charge in [-0.05, 0) is 84.4 Å². The Bertz CT molecular complexity index is 4920. The molecule has 0 N–H and O–H groups in total. The molecule has 8 nitrogen and oxygen atoms in total. The van der Waals surface area contributed by atoms with Crippen LogP contribution in [0.4, 0.5) is 0 Å². The van der Waals surface area contributed by atoms with E-state index in [1.807, 2.05) is 66.9 Å². The maximum Gasteiger partial charge on any atom is 0.166 e. The number of hydrogen-bond donors (Lipinski definition) is 0. The van der Waals surface area contributed by atoms with E-state index in [2.05, 4.69) is 185 Å². The van der Waals surface area contributed by atoms with Crippen LogP contribution in [-0.4, -0.2) is 29.1 Å². The maximum absolute atomic E-state index is 6.86. The Balaban J connectivity index is 1.01. The zero-order valence-corrected chi connectivity index (χ0v) is 40.6. The standard InChI is InChI=1S/C68H40N6O2/c1-5-19-41(20-6-1)66-70-67(42-21-7-2-8-22-42)72-68(71-66)50-39-43(46-29-17-33-55-61(46)63-57(75-55)37-35-53-59(63)47-27-13-15-31-51(47)73(53)44-23-9-3-10-24-44)40-69-65(50)49-30-18-34-56-62(49)64-58(76-56)38-36-54-60(64)48-28-14-16-32-52(48)74(54)45-25-11-4-12-26-45/h1-40H. The Morgan fingerprint density at radius 1 is 0.289 bits per heavy atom. The van der Waals surface area contributed by atoms with E-state index in [4.69, 9.17) is 28.8 Å². The van der Waals surface area contributed by atoms with Crippen molar-refractivity contribution in [3.63, 3.8) is 0 Å². The van der Waals surface area contributed by atoms with Crippen molar-refractivity contribution in [2.45, 2.75) is 0 Å². The molecule has 0 atom stereocenters. The summed E-state index contributed by atoms with van der Waals surface area (Å²) >= 11 is 0. The lowest BCUT2D eigenvalue weighted by Gasteiger charge is -2.14. The Kier molecular flexibility index (Phi) is 9.17. The first-order valence-corrected chi connectivity index (χ1v) is 25.5. The van der Waals surface area contributed by atoms with Gasteiger partial charge in [-0.3, -0.25) is 4.98 Å². The second-order valence-corrected chi connectivity index (χ2v) is 19.3. The Morgan fingerprint density at radius 2 is 0.724 bits per heavy atom. The largest absolute Gasteiger partial charge is 0.456 e. The molecule has 8 heteroatoms. The molecule has 0 unspecified atom stereocenters. The van der Waals surface area contributed by atoms with Gasteiger partial charge in [0, 0.05) is 88.5 Å². The minimum atomic E-state index is 0.491. The van der Waals surface area contributed by atoms with Gasteiger partial charge in [0.15, 0.2) is 17.5 Å². The number of aromatic nitrogens is 6. The van der Waals surface area contributed by atoms with Crippen LogP contribution < -0.4 is 0 Å². The molecule has 16 aromatic rings. The first-order chi connectivity index (χ1) is 37.7. The molecule has 0 aliphatic carbocycles. The van der Waals surface area contributed by atoms with Crippen LogP contribution in [0.2, 0.25) is 0 Å². The van der Waals surface area contributed by atoms with Crippen LogP contribution in [0.5, 0.6) is 0 Å². The Hall–Kier alpha value is -10.4. The zero-order valence-electron chi connectivity index (χ0n) is 40.6. The fourth-order valence-electron chi connectivity index (χ4n) is 11.8. The molecule has 354 valence electrons. The van der Waals surface area contributed by atoms with E-state index in [0.29, 0.717) is 23.2 Å². The Morgan fingerprint density at radius 3 is 1.25 bits per heavy atom. The minimum absolute atomic E-state index is 0.491. The van der Waals surface area contributed by atoms with Crippen molar-refractivity contribution in [2.24, 2.45) is 0 Å². The van der Waals surface area contributed by atoms with Gasteiger partial charge in [0.1, 0.15) is 22.3 Å². The van der Waals surface area contributed by atoms with Crippen LogP contribution in [0.15, 0.2) is 252 Å². The van der Waals surface area contributed by atoms with E-state index >= 15 is 0 Å². The number of benzene rings is 10. The summed E-state index contributed by atoms with van der Waals surface area (Å²) in [5.74, 6) is 1.61. The van der Waals surface area contributed by atoms with Gasteiger partial charge in [0.2, 0.25) is 0 Å². The molecule has 10 aromatic carbocycles. The summed E-state index contributed by atoms with van der Waals surface area (Å²) in [6.07, 6.45) is 2.00. The van der Waals surface area contributed by atoms with Gasteiger partial charge >= 0.3 is 0 Å². The van der Waals surface area contributed by atoms with Crippen LogP contribution in [0.3, 0.4) is 0 Å². The number of nitrogens with zero attached hydrogens (tertiary/aromatic N) is 6. The number of hydrogen-bond acceptors (Lipinski definition) is 6. The van der Waals surface area contributed by atoms with Gasteiger partial charge in [-0.2, -0.15) is 0 Å². The summed E-state index contributed by atoms with van der Waals surface area (Å²) in [6, 6.07) is 82.0. The average Bonchev–Trinajstić information content (AvgIpc) is 4.38. The van der Waals surface area contributed by atoms with E-state index in [1.165, 1.54) is 0 Å². The van der Waals surface area contributed by atoms with E-state index in [0.717, 1.165) is 132 Å². The second-order valence-electron chi connectivity index (χ2n) is 19.3. The minimum Gasteiger partial charge on any atom is -0.456 e. The summed E-state index contributed by atoms with van der Waals surface area (Å²) in [5.41, 5.74) is 15.7. The number of fused-ring (bicyclic) bond motifs is 14. The van der Waals surface area contributed by atoms with Gasteiger partial charge in [0.05, 0.1) is 27.8 Å². The third kappa shape index (κ3) is 6.31. The average molecular weight is 973 g/mol. The van der Waals surface area contributed by atoms with Gasteiger partial charge in [-0.1, -0.05) is 158 Å². The van der Waals surface area contributed by atoms with Crippen molar-refractivity contribution < 1.29 is 8.83 Å². The zero-order chi connectivity index (χ0) is 49.8. The van der Waals surface area contributed by atoms with Gasteiger partial charge < -0.3 is 18.0 Å². The molecule has 6 aromatic heterocycles. The maximum atomic E-state index is 6.86. The molecule has 16 rings (SSSR count). The molecule has 0 bridgehead atoms. The third-order valence-electron chi connectivity index (χ3n) is 15.0. The van der Waals surface area contributed by atoms with Crippen molar-refractivity contribution in [1.29, 1.82) is 0 Å². The molecule has 0 amide bonds. The van der Waals surface area contributed by atoms with Crippen LogP contribution in [-0.2, 0) is 0 Å². The predicted octanol–water partition coefficient (Wildman–Crippen LogP) is 17.6. The molecule has 6 heterocycles. The van der Waals surface area contributed by atoms with Crippen molar-refractivity contribution in [3.8, 4) is 67.9 Å². The fraction of sp³-hybridized carbons (Fsp3) is 0. The van der Waals surface area contributed by atoms with E-state index in [9.17, 15) is 0 Å². The van der Waals surface area contributed by atoms with E-state index in [1.54, 1.807) is 0 Å². The van der Waals surface area contributed by atoms with Crippen LogP contribution in [0.25, 0.3) is 155 Å². The molecule has 0 aliphatic heterocycles. The molecule has 0 aliphatic rings. The summed E-state index contributed by atoms with van der Waals surface area (Å²) in [5, 5.41) is 8.54. The smallest absolute Gasteiger partial charge is 0.166 e. The molecular formula is C68H40N6O2. The molecule has 76 heavy (non-hydrogen) atoms. The molecule has 0 saturated carbocycles. The normalized spacial score (nSPS) is 11.9. The summed E-state index contributed by atoms with van der Waals surface area (Å²) in [7, 11) is 0. The highest BCUT2D eigenvalue weighted by Crippen LogP contribution is 2.48. The van der Waals surface area contributed by atoms with Crippen LogP contribution in [0.1, 0.15) is 0 Å². The second kappa shape index (κ2) is 16.5. The Labute approximate surface area is 434 Å².